The molecule has 0 fully saturated rings. The van der Waals surface area contributed by atoms with Gasteiger partial charge in [-0.25, -0.2) is 4.79 Å². The van der Waals surface area contributed by atoms with E-state index in [1.807, 2.05) is 6.92 Å². The van der Waals surface area contributed by atoms with E-state index in [1.54, 1.807) is 38.1 Å². The van der Waals surface area contributed by atoms with Crippen LogP contribution in [0.5, 0.6) is 5.75 Å². The average Bonchev–Trinajstić information content (AvgIpc) is 2.41. The highest BCUT2D eigenvalue weighted by Gasteiger charge is 2.23. The number of benzene rings is 1. The number of amides is 1. The molecule has 1 aromatic carbocycles. The molecule has 118 valence electrons. The van der Waals surface area contributed by atoms with Crippen molar-refractivity contribution >= 4 is 13.7 Å². The van der Waals surface area contributed by atoms with Crippen molar-refractivity contribution in [1.29, 1.82) is 0 Å². The van der Waals surface area contributed by atoms with E-state index >= 15 is 0 Å². The third-order valence-electron chi connectivity index (χ3n) is 2.48. The second-order valence-corrected chi connectivity index (χ2v) is 6.22. The predicted molar refractivity (Wildman–Crippen MR) is 80.7 cm³/mol. The predicted octanol–water partition coefficient (Wildman–Crippen LogP) is 3.56. The summed E-state index contributed by atoms with van der Waals surface area (Å²) < 4.78 is 27.9. The molecule has 0 aliphatic heterocycles. The molecule has 0 bridgehead atoms. The van der Waals surface area contributed by atoms with Gasteiger partial charge in [0.25, 0.3) is 0 Å². The first-order chi connectivity index (χ1) is 10.0. The van der Waals surface area contributed by atoms with Crippen LogP contribution in [0, 0.1) is 0 Å². The third kappa shape index (κ3) is 6.29. The van der Waals surface area contributed by atoms with Gasteiger partial charge in [0, 0.05) is 6.54 Å². The van der Waals surface area contributed by atoms with Crippen LogP contribution in [0.25, 0.3) is 0 Å². The first kappa shape index (κ1) is 17.7. The second-order valence-electron chi connectivity index (χ2n) is 4.17. The lowest BCUT2D eigenvalue weighted by Gasteiger charge is -2.17. The van der Waals surface area contributed by atoms with Crippen molar-refractivity contribution in [2.24, 2.45) is 0 Å². The fourth-order valence-electron chi connectivity index (χ4n) is 1.70. The highest BCUT2D eigenvalue weighted by molar-refractivity contribution is 7.53. The van der Waals surface area contributed by atoms with E-state index < -0.39 is 13.7 Å². The van der Waals surface area contributed by atoms with Crippen LogP contribution in [0.3, 0.4) is 0 Å². The first-order valence-electron chi connectivity index (χ1n) is 6.95. The molecule has 0 aromatic heterocycles. The summed E-state index contributed by atoms with van der Waals surface area (Å²) in [5.41, 5.74) is 0.795. The minimum atomic E-state index is -3.11. The maximum Gasteiger partial charge on any atom is 0.412 e. The van der Waals surface area contributed by atoms with Gasteiger partial charge in [0.2, 0.25) is 0 Å². The van der Waals surface area contributed by atoms with E-state index in [0.717, 1.165) is 5.56 Å². The number of carbonyl (C=O) groups is 1. The van der Waals surface area contributed by atoms with Gasteiger partial charge in [0.1, 0.15) is 5.75 Å². The second kappa shape index (κ2) is 8.82. The monoisotopic (exact) mass is 315 g/mol. The standard InChI is InChI=1S/C14H22NO5P/c1-4-15-14(16)20-13-9-7-12(8-10-13)11-21(17,18-5-2)19-6-3/h7-10H,4-6,11H2,1-3H3,(H,15,16). The fourth-order valence-corrected chi connectivity index (χ4v) is 3.40. The Kier molecular flexibility index (Phi) is 7.43. The van der Waals surface area contributed by atoms with Gasteiger partial charge >= 0.3 is 13.7 Å². The summed E-state index contributed by atoms with van der Waals surface area (Å²) in [7, 11) is -3.11. The zero-order chi connectivity index (χ0) is 15.7. The third-order valence-corrected chi connectivity index (χ3v) is 4.54. The highest BCUT2D eigenvalue weighted by atomic mass is 31.2. The summed E-state index contributed by atoms with van der Waals surface area (Å²) in [5, 5.41) is 2.53. The molecule has 1 amide bonds. The minimum Gasteiger partial charge on any atom is -0.410 e. The van der Waals surface area contributed by atoms with Crippen LogP contribution >= 0.6 is 7.60 Å². The van der Waals surface area contributed by atoms with Crippen molar-refractivity contribution in [3.8, 4) is 5.75 Å². The Morgan fingerprint density at radius 2 is 1.67 bits per heavy atom. The lowest BCUT2D eigenvalue weighted by molar-refractivity contribution is 0.201. The zero-order valence-corrected chi connectivity index (χ0v) is 13.5. The smallest absolute Gasteiger partial charge is 0.410 e. The van der Waals surface area contributed by atoms with Gasteiger partial charge in [-0.3, -0.25) is 4.57 Å². The molecule has 7 heteroatoms. The quantitative estimate of drug-likeness (QED) is 0.742. The van der Waals surface area contributed by atoms with Crippen LogP contribution in [0.4, 0.5) is 4.79 Å². The van der Waals surface area contributed by atoms with E-state index in [0.29, 0.717) is 25.5 Å². The molecule has 21 heavy (non-hydrogen) atoms. The van der Waals surface area contributed by atoms with E-state index in [1.165, 1.54) is 0 Å². The number of carbonyl (C=O) groups excluding carboxylic acids is 1. The normalized spacial score (nSPS) is 11.2. The number of hydrogen-bond donors (Lipinski definition) is 1. The summed E-state index contributed by atoms with van der Waals surface area (Å²) >= 11 is 0. The molecule has 0 heterocycles. The molecule has 0 saturated heterocycles. The Balaban J connectivity index is 2.68. The Bertz CT molecular complexity index is 479. The SMILES string of the molecule is CCNC(=O)Oc1ccc(CP(=O)(OCC)OCC)cc1. The minimum absolute atomic E-state index is 0.191. The molecule has 0 saturated carbocycles. The van der Waals surface area contributed by atoms with E-state index in [9.17, 15) is 9.36 Å². The summed E-state index contributed by atoms with van der Waals surface area (Å²) in [5.74, 6) is 0.423. The van der Waals surface area contributed by atoms with Gasteiger partial charge < -0.3 is 19.1 Å². The Labute approximate surface area is 125 Å². The fraction of sp³-hybridized carbons (Fsp3) is 0.500. The van der Waals surface area contributed by atoms with Crippen molar-refractivity contribution in [3.63, 3.8) is 0 Å². The molecule has 0 radical (unpaired) electrons. The summed E-state index contributed by atoms with van der Waals surface area (Å²) in [4.78, 5) is 11.3. The van der Waals surface area contributed by atoms with Crippen LogP contribution < -0.4 is 10.1 Å². The molecule has 0 aliphatic rings. The Morgan fingerprint density at radius 1 is 1.10 bits per heavy atom. The van der Waals surface area contributed by atoms with Crippen LogP contribution in [-0.2, 0) is 19.8 Å². The molecule has 1 aromatic rings. The molecular formula is C14H22NO5P. The van der Waals surface area contributed by atoms with Crippen LogP contribution in [-0.4, -0.2) is 25.9 Å². The molecular weight excluding hydrogens is 293 g/mol. The molecule has 0 spiro atoms. The summed E-state index contributed by atoms with van der Waals surface area (Å²) in [6.45, 7) is 6.52. The lowest BCUT2D eigenvalue weighted by atomic mass is 10.2. The molecule has 1 rings (SSSR count). The Morgan fingerprint density at radius 3 is 2.14 bits per heavy atom. The zero-order valence-electron chi connectivity index (χ0n) is 12.6. The number of hydrogen-bond acceptors (Lipinski definition) is 5. The molecule has 6 nitrogen and oxygen atoms in total. The topological polar surface area (TPSA) is 73.9 Å². The maximum atomic E-state index is 12.4. The molecule has 0 atom stereocenters. The van der Waals surface area contributed by atoms with Crippen LogP contribution in [0.2, 0.25) is 0 Å². The molecule has 0 aliphatic carbocycles. The van der Waals surface area contributed by atoms with Crippen LogP contribution in [0.15, 0.2) is 24.3 Å². The van der Waals surface area contributed by atoms with Crippen molar-refractivity contribution < 1.29 is 23.1 Å². The highest BCUT2D eigenvalue weighted by Crippen LogP contribution is 2.51. The Hall–Kier alpha value is -1.36. The average molecular weight is 315 g/mol. The van der Waals surface area contributed by atoms with Gasteiger partial charge in [-0.2, -0.15) is 0 Å². The first-order valence-corrected chi connectivity index (χ1v) is 8.68. The number of nitrogens with one attached hydrogen (secondary N) is 1. The number of ether oxygens (including phenoxy) is 1. The summed E-state index contributed by atoms with van der Waals surface area (Å²) in [6, 6.07) is 6.76. The number of rotatable bonds is 8. The van der Waals surface area contributed by atoms with E-state index in [2.05, 4.69) is 5.32 Å². The molecule has 0 unspecified atom stereocenters. The van der Waals surface area contributed by atoms with Crippen molar-refractivity contribution in [1.82, 2.24) is 5.32 Å². The van der Waals surface area contributed by atoms with Crippen molar-refractivity contribution in [3.05, 3.63) is 29.8 Å². The summed E-state index contributed by atoms with van der Waals surface area (Å²) in [6.07, 6.45) is -0.310. The van der Waals surface area contributed by atoms with Gasteiger partial charge in [0.15, 0.2) is 0 Å². The maximum absolute atomic E-state index is 12.4. The van der Waals surface area contributed by atoms with Gasteiger partial charge in [-0.1, -0.05) is 12.1 Å². The van der Waals surface area contributed by atoms with Crippen LogP contribution in [0.1, 0.15) is 26.3 Å². The van der Waals surface area contributed by atoms with Gasteiger partial charge in [-0.05, 0) is 38.5 Å². The van der Waals surface area contributed by atoms with Crippen molar-refractivity contribution in [2.75, 3.05) is 19.8 Å². The molecule has 1 N–H and O–H groups in total. The lowest BCUT2D eigenvalue weighted by Crippen LogP contribution is -2.26. The van der Waals surface area contributed by atoms with E-state index in [4.69, 9.17) is 13.8 Å². The van der Waals surface area contributed by atoms with Gasteiger partial charge in [0.05, 0.1) is 19.4 Å². The van der Waals surface area contributed by atoms with Crippen molar-refractivity contribution in [2.45, 2.75) is 26.9 Å². The largest absolute Gasteiger partial charge is 0.412 e. The van der Waals surface area contributed by atoms with E-state index in [-0.39, 0.29) is 6.16 Å². The van der Waals surface area contributed by atoms with Gasteiger partial charge in [-0.15, -0.1) is 0 Å².